The van der Waals surface area contributed by atoms with E-state index in [9.17, 15) is 4.79 Å². The summed E-state index contributed by atoms with van der Waals surface area (Å²) in [6, 6.07) is 9.03. The summed E-state index contributed by atoms with van der Waals surface area (Å²) in [5.74, 6) is -0.0438. The van der Waals surface area contributed by atoms with Crippen molar-refractivity contribution in [2.24, 2.45) is 0 Å². The first kappa shape index (κ1) is 10.5. The predicted molar refractivity (Wildman–Crippen MR) is 63.1 cm³/mol. The molecule has 1 aliphatic rings. The zero-order valence-corrected chi connectivity index (χ0v) is 9.57. The number of rotatable bonds is 3. The molecule has 17 heavy (non-hydrogen) atoms. The molecule has 1 atom stereocenters. The fourth-order valence-corrected chi connectivity index (χ4v) is 1.72. The minimum atomic E-state index is -0.284. The van der Waals surface area contributed by atoms with Crippen LogP contribution in [0.2, 0.25) is 5.02 Å². The van der Waals surface area contributed by atoms with Gasteiger partial charge in [-0.3, -0.25) is 9.89 Å². The zero-order valence-electron chi connectivity index (χ0n) is 8.81. The van der Waals surface area contributed by atoms with Crippen molar-refractivity contribution in [3.05, 3.63) is 41.0 Å². The van der Waals surface area contributed by atoms with Crippen molar-refractivity contribution in [1.29, 1.82) is 0 Å². The van der Waals surface area contributed by atoms with Crippen molar-refractivity contribution in [2.45, 2.75) is 6.10 Å². The minimum absolute atomic E-state index is 0.0438. The van der Waals surface area contributed by atoms with Crippen LogP contribution in [-0.2, 0) is 4.74 Å². The highest BCUT2D eigenvalue weighted by Crippen LogP contribution is 2.22. The molecule has 0 radical (unpaired) electrons. The van der Waals surface area contributed by atoms with Gasteiger partial charge in [0.25, 0.3) is 0 Å². The van der Waals surface area contributed by atoms with E-state index in [0.717, 1.165) is 11.3 Å². The molecule has 2 aromatic rings. The van der Waals surface area contributed by atoms with Gasteiger partial charge in [-0.2, -0.15) is 5.10 Å². The van der Waals surface area contributed by atoms with Crippen molar-refractivity contribution in [3.63, 3.8) is 0 Å². The molecule has 1 N–H and O–H groups in total. The molecule has 0 amide bonds. The number of ketones is 1. The van der Waals surface area contributed by atoms with Gasteiger partial charge in [0.15, 0.2) is 0 Å². The lowest BCUT2D eigenvalue weighted by atomic mass is 10.1. The third-order valence-corrected chi connectivity index (χ3v) is 2.86. The summed E-state index contributed by atoms with van der Waals surface area (Å²) in [5, 5.41) is 7.50. The van der Waals surface area contributed by atoms with Gasteiger partial charge in [0.2, 0.25) is 5.78 Å². The summed E-state index contributed by atoms with van der Waals surface area (Å²) in [6.45, 7) is 0.508. The number of halogens is 1. The molecule has 1 fully saturated rings. The second-order valence-electron chi connectivity index (χ2n) is 3.86. The summed E-state index contributed by atoms with van der Waals surface area (Å²) >= 11 is 5.81. The van der Waals surface area contributed by atoms with Crippen LogP contribution in [0, 0.1) is 0 Å². The molecule has 3 rings (SSSR count). The molecular formula is C12H9ClN2O2. The number of Topliss-reactive ketones (excluding diaryl/α,β-unsaturated/α-hetero) is 1. The van der Waals surface area contributed by atoms with E-state index < -0.39 is 0 Å². The Labute approximate surface area is 103 Å². The number of benzene rings is 1. The quantitative estimate of drug-likeness (QED) is 0.670. The van der Waals surface area contributed by atoms with Crippen molar-refractivity contribution >= 4 is 17.4 Å². The number of H-pyrrole nitrogens is 1. The maximum Gasteiger partial charge on any atom is 0.211 e. The molecule has 1 saturated heterocycles. The largest absolute Gasteiger partial charge is 0.364 e. The highest BCUT2D eigenvalue weighted by Gasteiger charge is 2.33. The Bertz CT molecular complexity index is 558. The highest BCUT2D eigenvalue weighted by molar-refractivity contribution is 6.30. The van der Waals surface area contributed by atoms with Gasteiger partial charge in [-0.25, -0.2) is 0 Å². The van der Waals surface area contributed by atoms with Gasteiger partial charge in [0, 0.05) is 10.6 Å². The Morgan fingerprint density at radius 1 is 1.41 bits per heavy atom. The number of nitrogens with one attached hydrogen (secondary N) is 1. The summed E-state index contributed by atoms with van der Waals surface area (Å²) < 4.78 is 4.94. The first-order valence-electron chi connectivity index (χ1n) is 5.21. The van der Waals surface area contributed by atoms with E-state index in [1.807, 2.05) is 12.1 Å². The molecule has 1 unspecified atom stereocenters. The number of aromatic amines is 1. The van der Waals surface area contributed by atoms with Crippen molar-refractivity contribution in [3.8, 4) is 11.3 Å². The monoisotopic (exact) mass is 248 g/mol. The maximum atomic E-state index is 11.7. The Morgan fingerprint density at radius 3 is 2.76 bits per heavy atom. The number of carbonyl (C=O) groups is 1. The van der Waals surface area contributed by atoms with Crippen molar-refractivity contribution in [2.75, 3.05) is 6.61 Å². The van der Waals surface area contributed by atoms with Gasteiger partial charge in [0.1, 0.15) is 11.8 Å². The van der Waals surface area contributed by atoms with Gasteiger partial charge in [-0.15, -0.1) is 0 Å². The first-order valence-corrected chi connectivity index (χ1v) is 5.59. The van der Waals surface area contributed by atoms with Crippen LogP contribution in [0.1, 0.15) is 10.5 Å². The van der Waals surface area contributed by atoms with E-state index in [4.69, 9.17) is 16.3 Å². The third-order valence-electron chi connectivity index (χ3n) is 2.61. The summed E-state index contributed by atoms with van der Waals surface area (Å²) in [5.41, 5.74) is 2.13. The number of nitrogens with zero attached hydrogens (tertiary/aromatic N) is 1. The summed E-state index contributed by atoms with van der Waals surface area (Å²) in [4.78, 5) is 11.7. The molecule has 2 heterocycles. The Hall–Kier alpha value is -1.65. The molecule has 86 valence electrons. The topological polar surface area (TPSA) is 58.3 Å². The molecule has 0 spiro atoms. The second-order valence-corrected chi connectivity index (χ2v) is 4.30. The zero-order chi connectivity index (χ0) is 11.8. The normalized spacial score (nSPS) is 18.1. The number of ether oxygens (including phenoxy) is 1. The molecule has 4 nitrogen and oxygen atoms in total. The molecule has 0 aliphatic carbocycles. The van der Waals surface area contributed by atoms with Crippen LogP contribution >= 0.6 is 11.6 Å². The maximum absolute atomic E-state index is 11.7. The van der Waals surface area contributed by atoms with Crippen LogP contribution < -0.4 is 0 Å². The van der Waals surface area contributed by atoms with Crippen LogP contribution in [0.15, 0.2) is 30.3 Å². The van der Waals surface area contributed by atoms with Crippen LogP contribution in [0.4, 0.5) is 0 Å². The van der Waals surface area contributed by atoms with Gasteiger partial charge >= 0.3 is 0 Å². The molecule has 1 aromatic heterocycles. The van der Waals surface area contributed by atoms with E-state index in [0.29, 0.717) is 17.3 Å². The smallest absolute Gasteiger partial charge is 0.211 e. The van der Waals surface area contributed by atoms with Crippen LogP contribution in [0.25, 0.3) is 11.3 Å². The molecule has 0 saturated carbocycles. The minimum Gasteiger partial charge on any atom is -0.364 e. The highest BCUT2D eigenvalue weighted by atomic mass is 35.5. The van der Waals surface area contributed by atoms with Crippen LogP contribution in [0.3, 0.4) is 0 Å². The van der Waals surface area contributed by atoms with E-state index in [-0.39, 0.29) is 11.9 Å². The van der Waals surface area contributed by atoms with Gasteiger partial charge in [-0.1, -0.05) is 23.7 Å². The van der Waals surface area contributed by atoms with Crippen LogP contribution in [0.5, 0.6) is 0 Å². The van der Waals surface area contributed by atoms with Gasteiger partial charge in [-0.05, 0) is 18.2 Å². The van der Waals surface area contributed by atoms with E-state index in [1.54, 1.807) is 18.2 Å². The molecule has 0 bridgehead atoms. The molecule has 1 aromatic carbocycles. The average molecular weight is 249 g/mol. The van der Waals surface area contributed by atoms with Crippen molar-refractivity contribution < 1.29 is 9.53 Å². The summed E-state index contributed by atoms with van der Waals surface area (Å²) in [6.07, 6.45) is -0.284. The number of hydrogen-bond donors (Lipinski definition) is 1. The SMILES string of the molecule is O=C(c1cc(-c2ccc(Cl)cc2)n[nH]1)C1CO1. The fourth-order valence-electron chi connectivity index (χ4n) is 1.59. The number of epoxide rings is 1. The van der Waals surface area contributed by atoms with E-state index in [2.05, 4.69) is 10.2 Å². The lowest BCUT2D eigenvalue weighted by Crippen LogP contribution is -2.07. The fraction of sp³-hybridized carbons (Fsp3) is 0.167. The standard InChI is InChI=1S/C12H9ClN2O2/c13-8-3-1-7(2-4-8)9-5-10(15-14-9)12(16)11-6-17-11/h1-5,11H,6H2,(H,14,15). The van der Waals surface area contributed by atoms with Gasteiger partial charge < -0.3 is 4.74 Å². The Kier molecular flexibility index (Phi) is 2.46. The lowest BCUT2D eigenvalue weighted by molar-refractivity contribution is 0.0949. The predicted octanol–water partition coefficient (Wildman–Crippen LogP) is 2.31. The Morgan fingerprint density at radius 2 is 2.12 bits per heavy atom. The molecule has 5 heteroatoms. The third kappa shape index (κ3) is 2.09. The van der Waals surface area contributed by atoms with Gasteiger partial charge in [0.05, 0.1) is 12.3 Å². The Balaban J connectivity index is 1.88. The molecular weight excluding hydrogens is 240 g/mol. The van der Waals surface area contributed by atoms with Crippen molar-refractivity contribution in [1.82, 2.24) is 10.2 Å². The number of carbonyl (C=O) groups excluding carboxylic acids is 1. The number of aromatic nitrogens is 2. The van der Waals surface area contributed by atoms with Crippen LogP contribution in [-0.4, -0.2) is 28.7 Å². The lowest BCUT2D eigenvalue weighted by Gasteiger charge is -1.94. The molecule has 1 aliphatic heterocycles. The average Bonchev–Trinajstić information content (AvgIpc) is 3.07. The second kappa shape index (κ2) is 3.98. The number of hydrogen-bond acceptors (Lipinski definition) is 3. The summed E-state index contributed by atoms with van der Waals surface area (Å²) in [7, 11) is 0. The van der Waals surface area contributed by atoms with E-state index >= 15 is 0 Å². The first-order chi connectivity index (χ1) is 8.24. The van der Waals surface area contributed by atoms with E-state index in [1.165, 1.54) is 0 Å².